The average molecular weight is 576 g/mol. The molecule has 9 heteroatoms. The highest BCUT2D eigenvalue weighted by atomic mass is 16.5. The van der Waals surface area contributed by atoms with E-state index < -0.39 is 35.6 Å². The fourth-order valence-electron chi connectivity index (χ4n) is 7.77. The molecule has 0 aromatic heterocycles. The summed E-state index contributed by atoms with van der Waals surface area (Å²) in [6, 6.07) is 15.3. The Hall–Kier alpha value is -3.43. The van der Waals surface area contributed by atoms with Gasteiger partial charge in [0, 0.05) is 11.7 Å². The van der Waals surface area contributed by atoms with Crippen molar-refractivity contribution in [3.05, 3.63) is 60.2 Å². The van der Waals surface area contributed by atoms with Crippen molar-refractivity contribution in [1.82, 2.24) is 10.2 Å². The Bertz CT molecular complexity index is 1280. The van der Waals surface area contributed by atoms with Crippen LogP contribution in [0.25, 0.3) is 0 Å². The van der Waals surface area contributed by atoms with Gasteiger partial charge in [-0.15, -0.1) is 0 Å². The van der Waals surface area contributed by atoms with Crippen molar-refractivity contribution in [2.24, 2.45) is 11.8 Å². The van der Waals surface area contributed by atoms with Gasteiger partial charge in [0.1, 0.15) is 17.4 Å². The molecule has 9 nitrogen and oxygen atoms in total. The number of ether oxygens (including phenoxy) is 2. The Kier molecular flexibility index (Phi) is 8.23. The fourth-order valence-corrected chi connectivity index (χ4v) is 7.77. The summed E-state index contributed by atoms with van der Waals surface area (Å²) in [7, 11) is 0. The lowest BCUT2D eigenvalue weighted by Gasteiger charge is -2.38. The van der Waals surface area contributed by atoms with Crippen LogP contribution in [0.1, 0.15) is 57.4 Å². The fraction of sp³-hybridized carbons (Fsp3) is 0.545. The summed E-state index contributed by atoms with van der Waals surface area (Å²) in [5.41, 5.74) is 0.456. The van der Waals surface area contributed by atoms with Crippen molar-refractivity contribution >= 4 is 23.4 Å². The number of carbonyl (C=O) groups is 3. The molecule has 1 aliphatic carbocycles. The molecule has 2 aromatic rings. The minimum atomic E-state index is -1.11. The largest absolute Gasteiger partial charge is 0.494 e. The first kappa shape index (κ1) is 28.7. The van der Waals surface area contributed by atoms with Crippen LogP contribution in [0.3, 0.4) is 0 Å². The van der Waals surface area contributed by atoms with Gasteiger partial charge in [-0.1, -0.05) is 49.6 Å². The number of nitrogens with zero attached hydrogens (tertiary/aromatic N) is 1. The monoisotopic (exact) mass is 575 g/mol. The number of nitrogens with one attached hydrogen (secondary N) is 2. The maximum Gasteiger partial charge on any atom is 0.246 e. The molecule has 224 valence electrons. The van der Waals surface area contributed by atoms with Crippen LogP contribution in [0.5, 0.6) is 5.75 Å². The standard InChI is InChI=1S/C33H41N3O6/c1-2-41-25-15-13-23(14-16-25)34-30(38)27-26-17-18-33(42-26)28(27)32(40)36(24(20-37)19-21-9-5-3-6-10-21)29(33)31(39)35-22-11-7-4-8-12-22/h3,5-6,9-10,13-16,22,24,26-29,37H,2,4,7-8,11-12,17-20H2,1H3,(H,34,38)(H,35,39)/t24-,26+,27-,28+,29?,33?/m1/s1. The van der Waals surface area contributed by atoms with Crippen molar-refractivity contribution in [3.63, 3.8) is 0 Å². The molecule has 3 aliphatic heterocycles. The van der Waals surface area contributed by atoms with Crippen LogP contribution in [0.2, 0.25) is 0 Å². The van der Waals surface area contributed by atoms with E-state index >= 15 is 0 Å². The summed E-state index contributed by atoms with van der Waals surface area (Å²) in [6.07, 6.45) is 6.16. The minimum Gasteiger partial charge on any atom is -0.494 e. The van der Waals surface area contributed by atoms with Gasteiger partial charge in [0.15, 0.2) is 0 Å². The Morgan fingerprint density at radius 2 is 1.79 bits per heavy atom. The third kappa shape index (κ3) is 5.17. The number of anilines is 1. The van der Waals surface area contributed by atoms with Crippen molar-refractivity contribution in [1.29, 1.82) is 0 Å². The molecule has 3 saturated heterocycles. The lowest BCUT2D eigenvalue weighted by atomic mass is 9.70. The second-order valence-electron chi connectivity index (χ2n) is 12.1. The van der Waals surface area contributed by atoms with E-state index in [1.807, 2.05) is 37.3 Å². The number of aliphatic hydroxyl groups is 1. The number of carbonyl (C=O) groups excluding carboxylic acids is 3. The quantitative estimate of drug-likeness (QED) is 0.400. The number of rotatable bonds is 10. The lowest BCUT2D eigenvalue weighted by Crippen LogP contribution is -2.59. The number of benzene rings is 2. The van der Waals surface area contributed by atoms with E-state index in [1.165, 1.54) is 0 Å². The summed E-state index contributed by atoms with van der Waals surface area (Å²) in [5.74, 6) is -1.64. The van der Waals surface area contributed by atoms with E-state index in [9.17, 15) is 19.5 Å². The predicted molar refractivity (Wildman–Crippen MR) is 157 cm³/mol. The minimum absolute atomic E-state index is 0.0534. The first-order valence-corrected chi connectivity index (χ1v) is 15.4. The molecule has 3 amide bonds. The number of likely N-dealkylation sites (tertiary alicyclic amines) is 1. The van der Waals surface area contributed by atoms with Crippen LogP contribution in [-0.4, -0.2) is 70.8 Å². The van der Waals surface area contributed by atoms with Crippen LogP contribution in [0.4, 0.5) is 5.69 Å². The Morgan fingerprint density at radius 3 is 2.48 bits per heavy atom. The summed E-state index contributed by atoms with van der Waals surface area (Å²) < 4.78 is 12.1. The van der Waals surface area contributed by atoms with Gasteiger partial charge in [-0.2, -0.15) is 0 Å². The number of aliphatic hydroxyl groups excluding tert-OH is 1. The SMILES string of the molecule is CCOc1ccc(NC(=O)[C@@H]2[C@@H]3CCC4(O3)C(C(=O)NC3CCCCC3)N([C@@H](CO)Cc3ccccc3)C(=O)[C@H]24)cc1. The van der Waals surface area contributed by atoms with E-state index in [2.05, 4.69) is 10.6 Å². The smallest absolute Gasteiger partial charge is 0.246 e. The topological polar surface area (TPSA) is 117 Å². The van der Waals surface area contributed by atoms with Crippen molar-refractivity contribution in [2.75, 3.05) is 18.5 Å². The van der Waals surface area contributed by atoms with E-state index in [0.29, 0.717) is 37.3 Å². The van der Waals surface area contributed by atoms with Crippen LogP contribution >= 0.6 is 0 Å². The van der Waals surface area contributed by atoms with Gasteiger partial charge in [0.05, 0.1) is 37.2 Å². The number of hydrogen-bond acceptors (Lipinski definition) is 6. The van der Waals surface area contributed by atoms with Crippen LogP contribution in [0.15, 0.2) is 54.6 Å². The van der Waals surface area contributed by atoms with Gasteiger partial charge in [0.25, 0.3) is 0 Å². The second kappa shape index (κ2) is 12.1. The highest BCUT2D eigenvalue weighted by Gasteiger charge is 2.75. The van der Waals surface area contributed by atoms with Gasteiger partial charge in [0.2, 0.25) is 17.7 Å². The first-order valence-electron chi connectivity index (χ1n) is 15.4. The number of fused-ring (bicyclic) bond motifs is 1. The van der Waals surface area contributed by atoms with Crippen molar-refractivity contribution < 1.29 is 29.0 Å². The Labute approximate surface area is 246 Å². The van der Waals surface area contributed by atoms with E-state index in [4.69, 9.17) is 9.47 Å². The molecule has 4 fully saturated rings. The second-order valence-corrected chi connectivity index (χ2v) is 12.1. The molecule has 6 atom stereocenters. The number of hydrogen-bond donors (Lipinski definition) is 3. The maximum absolute atomic E-state index is 14.4. The molecule has 2 bridgehead atoms. The van der Waals surface area contributed by atoms with Crippen LogP contribution < -0.4 is 15.4 Å². The first-order chi connectivity index (χ1) is 20.4. The molecular formula is C33H41N3O6. The molecular weight excluding hydrogens is 534 g/mol. The molecule has 1 spiro atoms. The van der Waals surface area contributed by atoms with E-state index in [0.717, 1.165) is 37.7 Å². The highest BCUT2D eigenvalue weighted by molar-refractivity contribution is 6.02. The lowest BCUT2D eigenvalue weighted by molar-refractivity contribution is -0.145. The van der Waals surface area contributed by atoms with Crippen molar-refractivity contribution in [2.45, 2.75) is 88.1 Å². The van der Waals surface area contributed by atoms with Gasteiger partial charge in [-0.25, -0.2) is 0 Å². The number of amides is 3. The summed E-state index contributed by atoms with van der Waals surface area (Å²) in [4.78, 5) is 43.9. The predicted octanol–water partition coefficient (Wildman–Crippen LogP) is 3.45. The van der Waals surface area contributed by atoms with Crippen LogP contribution in [-0.2, 0) is 25.5 Å². The summed E-state index contributed by atoms with van der Waals surface area (Å²) in [6.45, 7) is 2.15. The molecule has 2 unspecified atom stereocenters. The summed E-state index contributed by atoms with van der Waals surface area (Å²) >= 11 is 0. The Balaban J connectivity index is 1.30. The van der Waals surface area contributed by atoms with Crippen LogP contribution in [0, 0.1) is 11.8 Å². The van der Waals surface area contributed by atoms with Crippen molar-refractivity contribution in [3.8, 4) is 5.75 Å². The molecule has 6 rings (SSSR count). The molecule has 42 heavy (non-hydrogen) atoms. The normalized spacial score (nSPS) is 29.3. The van der Waals surface area contributed by atoms with Gasteiger partial charge in [-0.05, 0) is 68.9 Å². The van der Waals surface area contributed by atoms with Gasteiger partial charge in [-0.3, -0.25) is 14.4 Å². The maximum atomic E-state index is 14.4. The molecule has 4 aliphatic rings. The molecule has 3 heterocycles. The zero-order valence-corrected chi connectivity index (χ0v) is 24.2. The van der Waals surface area contributed by atoms with Gasteiger partial charge < -0.3 is 30.1 Å². The third-order valence-electron chi connectivity index (χ3n) is 9.59. The zero-order valence-electron chi connectivity index (χ0n) is 24.2. The van der Waals surface area contributed by atoms with E-state index in [1.54, 1.807) is 29.2 Å². The van der Waals surface area contributed by atoms with E-state index in [-0.39, 0.29) is 30.4 Å². The average Bonchev–Trinajstić information content (AvgIpc) is 3.65. The zero-order chi connectivity index (χ0) is 29.3. The summed E-state index contributed by atoms with van der Waals surface area (Å²) in [5, 5.41) is 16.8. The van der Waals surface area contributed by atoms with Gasteiger partial charge >= 0.3 is 0 Å². The third-order valence-corrected chi connectivity index (χ3v) is 9.59. The molecule has 0 radical (unpaired) electrons. The molecule has 2 aromatic carbocycles. The highest BCUT2D eigenvalue weighted by Crippen LogP contribution is 2.59. The molecule has 3 N–H and O–H groups in total. The molecule has 1 saturated carbocycles. The Morgan fingerprint density at radius 1 is 1.05 bits per heavy atom.